The number of oxime groups is 1. The molecule has 0 saturated heterocycles. The van der Waals surface area contributed by atoms with E-state index in [0.29, 0.717) is 30.6 Å². The molecule has 0 aromatic carbocycles. The first-order chi connectivity index (χ1) is 20.1. The molecule has 0 radical (unpaired) electrons. The van der Waals surface area contributed by atoms with E-state index in [4.69, 9.17) is 17.0 Å². The summed E-state index contributed by atoms with van der Waals surface area (Å²) in [5, 5.41) is 29.6. The number of carbonyl (C=O) groups is 4. The number of carbonyl (C=O) groups excluding carboxylic acids is 3. The Morgan fingerprint density at radius 2 is 1.81 bits per heavy atom. The summed E-state index contributed by atoms with van der Waals surface area (Å²) < 4.78 is 0. The Morgan fingerprint density at radius 1 is 1.12 bits per heavy atom. The van der Waals surface area contributed by atoms with E-state index in [1.165, 1.54) is 5.57 Å². The molecule has 0 spiro atoms. The van der Waals surface area contributed by atoms with Crippen LogP contribution in [0.2, 0.25) is 0 Å². The Labute approximate surface area is 253 Å². The standard InChI is InChI=1S/C32H46N4O7/c1-6-32(42)14-11-23-21-8-7-19-15-20(9-12-30(19,4)22(21)10-13-31(23,32)5)36-43-17-26(38)35-27(18(2)3)28(39)34-24(29(40)41)16-25(33)37/h1,15,18,21-24,27,42H,7-14,16-17H2,2-5H3,(H2,33,37)(H,34,39)(H,35,38)(H,40,41)/b36-20-/t21-,22+,23+,24-,27-,30+,31+,32-/m1/s1. The Kier molecular flexibility index (Phi) is 9.31. The number of hydrogen-bond donors (Lipinski definition) is 5. The van der Waals surface area contributed by atoms with Gasteiger partial charge in [-0.05, 0) is 86.5 Å². The second-order valence-corrected chi connectivity index (χ2v) is 13.7. The number of terminal acetylenes is 1. The topological polar surface area (TPSA) is 180 Å². The van der Waals surface area contributed by atoms with Crippen LogP contribution >= 0.6 is 0 Å². The molecule has 0 bridgehead atoms. The van der Waals surface area contributed by atoms with Gasteiger partial charge in [-0.15, -0.1) is 6.42 Å². The number of aliphatic hydroxyl groups is 1. The van der Waals surface area contributed by atoms with Crippen LogP contribution in [0.25, 0.3) is 0 Å². The smallest absolute Gasteiger partial charge is 0.326 e. The quantitative estimate of drug-likeness (QED) is 0.189. The second kappa shape index (κ2) is 12.3. The number of carboxylic acids is 1. The van der Waals surface area contributed by atoms with Crippen molar-refractivity contribution in [1.29, 1.82) is 0 Å². The molecule has 0 aliphatic heterocycles. The lowest BCUT2D eigenvalue weighted by Gasteiger charge is -2.58. The lowest BCUT2D eigenvalue weighted by Crippen LogP contribution is -2.54. The third kappa shape index (κ3) is 6.17. The van der Waals surface area contributed by atoms with Gasteiger partial charge in [-0.2, -0.15) is 0 Å². The number of amides is 3. The lowest BCUT2D eigenvalue weighted by molar-refractivity contribution is -0.144. The van der Waals surface area contributed by atoms with Gasteiger partial charge in [0.2, 0.25) is 11.8 Å². The summed E-state index contributed by atoms with van der Waals surface area (Å²) in [6.45, 7) is 7.54. The molecule has 4 aliphatic carbocycles. The monoisotopic (exact) mass is 598 g/mol. The molecular formula is C32H46N4O7. The lowest BCUT2D eigenvalue weighted by atomic mass is 9.46. The van der Waals surface area contributed by atoms with Crippen LogP contribution in [0.5, 0.6) is 0 Å². The van der Waals surface area contributed by atoms with Gasteiger partial charge in [0.1, 0.15) is 17.7 Å². The third-order valence-electron chi connectivity index (χ3n) is 11.0. The molecule has 11 nitrogen and oxygen atoms in total. The zero-order chi connectivity index (χ0) is 31.7. The van der Waals surface area contributed by atoms with Crippen LogP contribution < -0.4 is 16.4 Å². The highest BCUT2D eigenvalue weighted by molar-refractivity contribution is 5.96. The average Bonchev–Trinajstić information content (AvgIpc) is 3.21. The Morgan fingerprint density at radius 3 is 2.44 bits per heavy atom. The second-order valence-electron chi connectivity index (χ2n) is 13.7. The van der Waals surface area contributed by atoms with E-state index in [1.54, 1.807) is 13.8 Å². The zero-order valence-corrected chi connectivity index (χ0v) is 25.7. The van der Waals surface area contributed by atoms with Gasteiger partial charge in [-0.3, -0.25) is 14.4 Å². The summed E-state index contributed by atoms with van der Waals surface area (Å²) in [6.07, 6.45) is 14.7. The van der Waals surface area contributed by atoms with Crippen LogP contribution in [-0.2, 0) is 24.0 Å². The van der Waals surface area contributed by atoms with E-state index >= 15 is 0 Å². The van der Waals surface area contributed by atoms with Crippen molar-refractivity contribution in [2.45, 2.75) is 103 Å². The van der Waals surface area contributed by atoms with Crippen molar-refractivity contribution in [3.05, 3.63) is 11.6 Å². The number of nitrogens with zero attached hydrogens (tertiary/aromatic N) is 1. The van der Waals surface area contributed by atoms with Crippen molar-refractivity contribution in [3.8, 4) is 12.3 Å². The molecule has 0 unspecified atom stereocenters. The van der Waals surface area contributed by atoms with Crippen molar-refractivity contribution in [2.75, 3.05) is 6.61 Å². The minimum atomic E-state index is -1.49. The first kappa shape index (κ1) is 32.5. The highest BCUT2D eigenvalue weighted by Crippen LogP contribution is 2.67. The molecule has 4 aliphatic rings. The predicted octanol–water partition coefficient (Wildman–Crippen LogP) is 2.27. The van der Waals surface area contributed by atoms with Crippen LogP contribution in [0.3, 0.4) is 0 Å². The summed E-state index contributed by atoms with van der Waals surface area (Å²) in [7, 11) is 0. The fourth-order valence-corrected chi connectivity index (χ4v) is 8.48. The number of fused-ring (bicyclic) bond motifs is 5. The summed E-state index contributed by atoms with van der Waals surface area (Å²) in [4.78, 5) is 53.2. The number of nitrogens with two attached hydrogens (primary N) is 1. The number of hydrogen-bond acceptors (Lipinski definition) is 7. The van der Waals surface area contributed by atoms with Gasteiger partial charge in [0.05, 0.1) is 12.1 Å². The zero-order valence-electron chi connectivity index (χ0n) is 25.7. The maximum absolute atomic E-state index is 12.7. The molecule has 11 heteroatoms. The minimum absolute atomic E-state index is 0.0532. The maximum atomic E-state index is 12.7. The molecule has 0 heterocycles. The molecule has 0 aromatic rings. The Bertz CT molecular complexity index is 1250. The minimum Gasteiger partial charge on any atom is -0.480 e. The largest absolute Gasteiger partial charge is 0.480 e. The highest BCUT2D eigenvalue weighted by atomic mass is 16.6. The van der Waals surface area contributed by atoms with E-state index in [2.05, 4.69) is 41.6 Å². The van der Waals surface area contributed by atoms with Crippen molar-refractivity contribution in [1.82, 2.24) is 10.6 Å². The Balaban J connectivity index is 1.35. The van der Waals surface area contributed by atoms with Crippen molar-refractivity contribution >= 4 is 29.4 Å². The fourth-order valence-electron chi connectivity index (χ4n) is 8.48. The van der Waals surface area contributed by atoms with Gasteiger partial charge in [0, 0.05) is 5.41 Å². The van der Waals surface area contributed by atoms with Crippen LogP contribution in [-0.4, -0.2) is 63.9 Å². The number of nitrogens with one attached hydrogen (secondary N) is 2. The predicted molar refractivity (Wildman–Crippen MR) is 159 cm³/mol. The van der Waals surface area contributed by atoms with Gasteiger partial charge in [0.25, 0.3) is 5.91 Å². The van der Waals surface area contributed by atoms with Crippen molar-refractivity contribution in [2.24, 2.45) is 45.4 Å². The molecule has 43 heavy (non-hydrogen) atoms. The molecule has 0 aromatic heterocycles. The average molecular weight is 599 g/mol. The molecule has 3 amide bonds. The first-order valence-corrected chi connectivity index (χ1v) is 15.4. The van der Waals surface area contributed by atoms with E-state index in [-0.39, 0.29) is 16.7 Å². The van der Waals surface area contributed by atoms with Crippen LogP contribution in [0.15, 0.2) is 16.8 Å². The van der Waals surface area contributed by atoms with Crippen LogP contribution in [0, 0.1) is 46.8 Å². The van der Waals surface area contributed by atoms with Gasteiger partial charge in [-0.25, -0.2) is 4.79 Å². The van der Waals surface area contributed by atoms with Crippen LogP contribution in [0.4, 0.5) is 0 Å². The maximum Gasteiger partial charge on any atom is 0.326 e. The SMILES string of the molecule is C#C[C@@]1(O)CC[C@H]2[C@@H]3CCC4=C/C(=N\OCC(=O)N[C@@H](C(=O)N[C@H](CC(N)=O)C(=O)O)C(C)C)CC[C@]4(C)[C@H]3CC[C@@]21C. The van der Waals surface area contributed by atoms with Crippen molar-refractivity contribution in [3.63, 3.8) is 0 Å². The molecule has 236 valence electrons. The van der Waals surface area contributed by atoms with Gasteiger partial charge < -0.3 is 31.4 Å². The van der Waals surface area contributed by atoms with Crippen molar-refractivity contribution < 1.29 is 34.2 Å². The third-order valence-corrected chi connectivity index (χ3v) is 11.0. The van der Waals surface area contributed by atoms with Gasteiger partial charge >= 0.3 is 5.97 Å². The summed E-state index contributed by atoms with van der Waals surface area (Å²) in [6, 6.07) is -2.53. The molecule has 3 fully saturated rings. The number of primary amides is 1. The number of aliphatic carboxylic acids is 1. The van der Waals surface area contributed by atoms with Gasteiger partial charge in [-0.1, -0.05) is 44.3 Å². The molecule has 8 atom stereocenters. The molecule has 3 saturated carbocycles. The summed E-state index contributed by atoms with van der Waals surface area (Å²) in [5.74, 6) is 0.285. The van der Waals surface area contributed by atoms with E-state index < -0.39 is 54.4 Å². The first-order valence-electron chi connectivity index (χ1n) is 15.4. The highest BCUT2D eigenvalue weighted by Gasteiger charge is 2.63. The number of allylic oxidation sites excluding steroid dienone is 2. The normalized spacial score (nSPS) is 35.3. The number of carboxylic acid groups (broad SMARTS) is 1. The number of rotatable bonds is 10. The fraction of sp³-hybridized carbons (Fsp3) is 0.719. The van der Waals surface area contributed by atoms with E-state index in [0.717, 1.165) is 44.2 Å². The molecule has 6 N–H and O–H groups in total. The summed E-state index contributed by atoms with van der Waals surface area (Å²) in [5.41, 5.74) is 6.03. The Hall–Kier alpha value is -3.39. The summed E-state index contributed by atoms with van der Waals surface area (Å²) >= 11 is 0. The van der Waals surface area contributed by atoms with E-state index in [9.17, 15) is 29.4 Å². The molecular weight excluding hydrogens is 552 g/mol. The van der Waals surface area contributed by atoms with Crippen LogP contribution in [0.1, 0.15) is 85.5 Å². The van der Waals surface area contributed by atoms with Gasteiger partial charge in [0.15, 0.2) is 6.61 Å². The van der Waals surface area contributed by atoms with E-state index in [1.807, 2.05) is 0 Å². The molecule has 4 rings (SSSR count).